The van der Waals surface area contributed by atoms with Crippen molar-refractivity contribution < 1.29 is 4.79 Å². The standard InChI is InChI=1S/C14H13Cl2N3O2S/c1-8(10-3-2-9(15)6-11(10)16)18-13(21)7-22-14-17-5-4-12(20)19-14/h2-6,8H,7H2,1H3,(H,18,21)(H,17,19,20)/t8-/m0/s1. The predicted octanol–water partition coefficient (Wildman–Crippen LogP) is 3.05. The van der Waals surface area contributed by atoms with Gasteiger partial charge in [0.05, 0.1) is 11.8 Å². The Morgan fingerprint density at radius 3 is 2.86 bits per heavy atom. The normalized spacial score (nSPS) is 12.0. The van der Waals surface area contributed by atoms with Crippen LogP contribution < -0.4 is 10.9 Å². The molecule has 5 nitrogen and oxygen atoms in total. The number of carbonyl (C=O) groups excluding carboxylic acids is 1. The number of hydrogen-bond donors (Lipinski definition) is 2. The molecule has 1 aromatic carbocycles. The molecule has 0 aliphatic heterocycles. The van der Waals surface area contributed by atoms with Crippen molar-refractivity contribution in [3.05, 3.63) is 56.4 Å². The maximum Gasteiger partial charge on any atom is 0.251 e. The van der Waals surface area contributed by atoms with E-state index >= 15 is 0 Å². The van der Waals surface area contributed by atoms with Gasteiger partial charge in [-0.05, 0) is 24.6 Å². The fourth-order valence-electron chi connectivity index (χ4n) is 1.77. The zero-order valence-electron chi connectivity index (χ0n) is 11.6. The van der Waals surface area contributed by atoms with Crippen molar-refractivity contribution in [3.8, 4) is 0 Å². The summed E-state index contributed by atoms with van der Waals surface area (Å²) >= 11 is 13.1. The summed E-state index contributed by atoms with van der Waals surface area (Å²) in [6.07, 6.45) is 1.40. The topological polar surface area (TPSA) is 74.8 Å². The van der Waals surface area contributed by atoms with Gasteiger partial charge >= 0.3 is 0 Å². The number of aromatic nitrogens is 2. The van der Waals surface area contributed by atoms with Gasteiger partial charge in [-0.15, -0.1) is 0 Å². The number of aromatic amines is 1. The van der Waals surface area contributed by atoms with E-state index < -0.39 is 0 Å². The van der Waals surface area contributed by atoms with Crippen molar-refractivity contribution in [2.45, 2.75) is 18.1 Å². The van der Waals surface area contributed by atoms with Crippen LogP contribution in [0.1, 0.15) is 18.5 Å². The molecule has 0 saturated heterocycles. The number of H-pyrrole nitrogens is 1. The summed E-state index contributed by atoms with van der Waals surface area (Å²) in [5, 5.41) is 4.28. The van der Waals surface area contributed by atoms with E-state index in [2.05, 4.69) is 15.3 Å². The smallest absolute Gasteiger partial charge is 0.251 e. The Balaban J connectivity index is 1.92. The first kappa shape index (κ1) is 16.9. The summed E-state index contributed by atoms with van der Waals surface area (Å²) in [6.45, 7) is 1.83. The van der Waals surface area contributed by atoms with Gasteiger partial charge in [0, 0.05) is 22.3 Å². The lowest BCUT2D eigenvalue weighted by molar-refractivity contribution is -0.119. The Labute approximate surface area is 141 Å². The molecule has 1 atom stereocenters. The van der Waals surface area contributed by atoms with Gasteiger partial charge in [0.15, 0.2) is 5.16 Å². The largest absolute Gasteiger partial charge is 0.349 e. The average Bonchev–Trinajstić information content (AvgIpc) is 2.45. The molecule has 2 rings (SSSR count). The quantitative estimate of drug-likeness (QED) is 0.636. The highest BCUT2D eigenvalue weighted by atomic mass is 35.5. The monoisotopic (exact) mass is 357 g/mol. The number of amides is 1. The minimum Gasteiger partial charge on any atom is -0.349 e. The molecule has 8 heteroatoms. The maximum absolute atomic E-state index is 11.9. The zero-order chi connectivity index (χ0) is 16.1. The fraction of sp³-hybridized carbons (Fsp3) is 0.214. The molecule has 0 bridgehead atoms. The number of nitrogens with one attached hydrogen (secondary N) is 2. The van der Waals surface area contributed by atoms with Crippen LogP contribution in [0.25, 0.3) is 0 Å². The van der Waals surface area contributed by atoms with Crippen molar-refractivity contribution in [1.29, 1.82) is 0 Å². The van der Waals surface area contributed by atoms with Gasteiger partial charge < -0.3 is 10.3 Å². The van der Waals surface area contributed by atoms with Crippen LogP contribution in [-0.4, -0.2) is 21.6 Å². The molecule has 22 heavy (non-hydrogen) atoms. The Kier molecular flexibility index (Phi) is 5.88. The number of rotatable bonds is 5. The maximum atomic E-state index is 11.9. The Morgan fingerprint density at radius 1 is 1.41 bits per heavy atom. The highest BCUT2D eigenvalue weighted by Gasteiger charge is 2.13. The van der Waals surface area contributed by atoms with Crippen LogP contribution in [0.15, 0.2) is 40.4 Å². The molecule has 116 valence electrons. The van der Waals surface area contributed by atoms with E-state index in [9.17, 15) is 9.59 Å². The zero-order valence-corrected chi connectivity index (χ0v) is 13.9. The third-order valence-corrected chi connectivity index (χ3v) is 4.24. The highest BCUT2D eigenvalue weighted by molar-refractivity contribution is 7.99. The Morgan fingerprint density at radius 2 is 2.18 bits per heavy atom. The molecule has 0 aliphatic rings. The molecule has 0 saturated carbocycles. The lowest BCUT2D eigenvalue weighted by Crippen LogP contribution is -2.28. The summed E-state index contributed by atoms with van der Waals surface area (Å²) in [4.78, 5) is 29.6. The van der Waals surface area contributed by atoms with Gasteiger partial charge in [-0.1, -0.05) is 41.0 Å². The van der Waals surface area contributed by atoms with E-state index in [-0.39, 0.29) is 23.3 Å². The van der Waals surface area contributed by atoms with E-state index in [0.29, 0.717) is 15.2 Å². The lowest BCUT2D eigenvalue weighted by atomic mass is 10.1. The molecule has 2 N–H and O–H groups in total. The summed E-state index contributed by atoms with van der Waals surface area (Å²) in [5.74, 6) is -0.0438. The van der Waals surface area contributed by atoms with E-state index in [1.165, 1.54) is 12.3 Å². The van der Waals surface area contributed by atoms with Gasteiger partial charge in [-0.2, -0.15) is 0 Å². The summed E-state index contributed by atoms with van der Waals surface area (Å²) in [7, 11) is 0. The van der Waals surface area contributed by atoms with Crippen molar-refractivity contribution >= 4 is 40.9 Å². The molecule has 1 amide bonds. The van der Waals surface area contributed by atoms with Crippen molar-refractivity contribution in [2.75, 3.05) is 5.75 Å². The van der Waals surface area contributed by atoms with Crippen LogP contribution in [0.5, 0.6) is 0 Å². The van der Waals surface area contributed by atoms with Gasteiger partial charge in [0.2, 0.25) is 5.91 Å². The molecule has 0 spiro atoms. The summed E-state index contributed by atoms with van der Waals surface area (Å²) in [5.41, 5.74) is 0.537. The first-order valence-corrected chi connectivity index (χ1v) is 8.12. The molecule has 0 fully saturated rings. The molecule has 1 heterocycles. The minimum absolute atomic E-state index is 0.141. The van der Waals surface area contributed by atoms with Crippen molar-refractivity contribution in [3.63, 3.8) is 0 Å². The van der Waals surface area contributed by atoms with E-state index in [0.717, 1.165) is 17.3 Å². The average molecular weight is 358 g/mol. The van der Waals surface area contributed by atoms with Gasteiger partial charge in [0.1, 0.15) is 0 Å². The number of hydrogen-bond acceptors (Lipinski definition) is 4. The van der Waals surface area contributed by atoms with E-state index in [4.69, 9.17) is 23.2 Å². The molecule has 0 aliphatic carbocycles. The fourth-order valence-corrected chi connectivity index (χ4v) is 3.00. The molecular formula is C14H13Cl2N3O2S. The third kappa shape index (κ3) is 4.76. The van der Waals surface area contributed by atoms with Gasteiger partial charge in [0.25, 0.3) is 5.56 Å². The Hall–Kier alpha value is -1.50. The second-order valence-corrected chi connectivity index (χ2v) is 6.29. The molecule has 2 aromatic rings. The van der Waals surface area contributed by atoms with Gasteiger partial charge in [-0.3, -0.25) is 9.59 Å². The second-order valence-electron chi connectivity index (χ2n) is 4.48. The number of thioether (sulfide) groups is 1. The molecule has 1 aromatic heterocycles. The van der Waals surface area contributed by atoms with Crippen LogP contribution >= 0.6 is 35.0 Å². The van der Waals surface area contributed by atoms with Crippen molar-refractivity contribution in [1.82, 2.24) is 15.3 Å². The van der Waals surface area contributed by atoms with Crippen molar-refractivity contribution in [2.24, 2.45) is 0 Å². The van der Waals surface area contributed by atoms with Crippen LogP contribution in [0.4, 0.5) is 0 Å². The SMILES string of the molecule is C[C@H](NC(=O)CSc1nccc(=O)[nH]1)c1ccc(Cl)cc1Cl. The Bertz CT molecular complexity index is 736. The first-order valence-electron chi connectivity index (χ1n) is 6.38. The predicted molar refractivity (Wildman–Crippen MR) is 88.6 cm³/mol. The first-order chi connectivity index (χ1) is 10.5. The van der Waals surface area contributed by atoms with Gasteiger partial charge in [-0.25, -0.2) is 4.98 Å². The summed E-state index contributed by atoms with van der Waals surface area (Å²) in [6, 6.07) is 6.20. The van der Waals surface area contributed by atoms with Crippen LogP contribution in [0, 0.1) is 0 Å². The van der Waals surface area contributed by atoms with Crippen LogP contribution in [-0.2, 0) is 4.79 Å². The number of halogens is 2. The van der Waals surface area contributed by atoms with Crippen LogP contribution in [0.3, 0.4) is 0 Å². The molecular weight excluding hydrogens is 345 g/mol. The lowest BCUT2D eigenvalue weighted by Gasteiger charge is -2.15. The number of nitrogens with zero attached hydrogens (tertiary/aromatic N) is 1. The molecule has 0 radical (unpaired) electrons. The number of carbonyl (C=O) groups is 1. The third-order valence-electron chi connectivity index (χ3n) is 2.79. The summed E-state index contributed by atoms with van der Waals surface area (Å²) < 4.78 is 0. The van der Waals surface area contributed by atoms with Crippen LogP contribution in [0.2, 0.25) is 10.0 Å². The molecule has 0 unspecified atom stereocenters. The minimum atomic E-state index is -0.251. The second kappa shape index (κ2) is 7.67. The highest BCUT2D eigenvalue weighted by Crippen LogP contribution is 2.26. The number of benzene rings is 1. The van der Waals surface area contributed by atoms with E-state index in [1.54, 1.807) is 18.2 Å². The van der Waals surface area contributed by atoms with E-state index in [1.807, 2.05) is 6.92 Å².